The maximum atomic E-state index is 12.6. The lowest BCUT2D eigenvalue weighted by atomic mass is 10.2. The number of hydrogen-bond donors (Lipinski definition) is 1. The summed E-state index contributed by atoms with van der Waals surface area (Å²) in [6, 6.07) is 11.4. The van der Waals surface area contributed by atoms with Crippen LogP contribution in [0, 0.1) is 0 Å². The minimum atomic E-state index is -0.968. The van der Waals surface area contributed by atoms with Gasteiger partial charge in [-0.1, -0.05) is 12.1 Å². The number of amides is 2. The summed E-state index contributed by atoms with van der Waals surface area (Å²) in [5.41, 5.74) is 1.71. The van der Waals surface area contributed by atoms with Crippen LogP contribution in [0.5, 0.6) is 0 Å². The Morgan fingerprint density at radius 1 is 1.14 bits per heavy atom. The van der Waals surface area contributed by atoms with Crippen molar-refractivity contribution in [3.8, 4) is 0 Å². The summed E-state index contributed by atoms with van der Waals surface area (Å²) in [5.74, 6) is 1.43. The van der Waals surface area contributed by atoms with Crippen LogP contribution in [0.3, 0.4) is 0 Å². The molecule has 1 saturated heterocycles. The lowest BCUT2D eigenvalue weighted by Crippen LogP contribution is -2.49. The molecule has 1 atom stereocenters. The van der Waals surface area contributed by atoms with Crippen molar-refractivity contribution in [2.24, 2.45) is 0 Å². The van der Waals surface area contributed by atoms with Crippen molar-refractivity contribution in [3.63, 3.8) is 0 Å². The van der Waals surface area contributed by atoms with Crippen molar-refractivity contribution >= 4 is 22.5 Å². The molecule has 2 aromatic rings. The second kappa shape index (κ2) is 8.92. The van der Waals surface area contributed by atoms with Crippen LogP contribution in [-0.2, 0) is 23.1 Å². The molecule has 28 heavy (non-hydrogen) atoms. The normalized spacial score (nSPS) is 16.8. The molecule has 0 aliphatic carbocycles. The molecule has 1 unspecified atom stereocenters. The molecule has 0 saturated carbocycles. The first-order chi connectivity index (χ1) is 13.3. The van der Waals surface area contributed by atoms with E-state index in [9.17, 15) is 9.00 Å². The van der Waals surface area contributed by atoms with Gasteiger partial charge in [0.15, 0.2) is 0 Å². The number of urea groups is 1. The second-order valence-corrected chi connectivity index (χ2v) is 10.3. The topological polar surface area (TPSA) is 65.8 Å². The van der Waals surface area contributed by atoms with E-state index in [1.54, 1.807) is 6.26 Å². The largest absolute Gasteiger partial charge is 0.468 e. The van der Waals surface area contributed by atoms with E-state index in [0.717, 1.165) is 36.6 Å². The number of nitrogens with zero attached hydrogens (tertiary/aromatic N) is 2. The molecule has 2 amide bonds. The highest BCUT2D eigenvalue weighted by molar-refractivity contribution is 7.85. The van der Waals surface area contributed by atoms with Gasteiger partial charge in [0, 0.05) is 53.2 Å². The fourth-order valence-electron chi connectivity index (χ4n) is 3.04. The maximum absolute atomic E-state index is 12.6. The van der Waals surface area contributed by atoms with Gasteiger partial charge in [-0.2, -0.15) is 0 Å². The highest BCUT2D eigenvalue weighted by Gasteiger charge is 2.22. The summed E-state index contributed by atoms with van der Waals surface area (Å²) < 4.78 is 17.5. The highest BCUT2D eigenvalue weighted by atomic mass is 32.2. The van der Waals surface area contributed by atoms with E-state index in [2.05, 4.69) is 10.2 Å². The molecule has 2 heterocycles. The zero-order valence-corrected chi connectivity index (χ0v) is 17.6. The SMILES string of the molecule is CC(C)(C)S(=O)Cc1cccc(NC(=O)N2CCN(Cc3ccco3)CC2)c1. The molecule has 6 nitrogen and oxygen atoms in total. The van der Waals surface area contributed by atoms with Crippen molar-refractivity contribution in [2.45, 2.75) is 37.8 Å². The Labute approximate surface area is 169 Å². The van der Waals surface area contributed by atoms with Gasteiger partial charge in [-0.25, -0.2) is 4.79 Å². The first kappa shape index (κ1) is 20.6. The van der Waals surface area contributed by atoms with Crippen molar-refractivity contribution in [1.82, 2.24) is 9.80 Å². The number of rotatable bonds is 5. The summed E-state index contributed by atoms with van der Waals surface area (Å²) in [4.78, 5) is 16.7. The monoisotopic (exact) mass is 403 g/mol. The Morgan fingerprint density at radius 3 is 2.54 bits per heavy atom. The van der Waals surface area contributed by atoms with Crippen LogP contribution in [0.15, 0.2) is 47.1 Å². The van der Waals surface area contributed by atoms with Crippen LogP contribution in [0.4, 0.5) is 10.5 Å². The first-order valence-electron chi connectivity index (χ1n) is 9.59. The molecule has 1 N–H and O–H groups in total. The summed E-state index contributed by atoms with van der Waals surface area (Å²) in [5, 5.41) is 2.98. The number of anilines is 1. The second-order valence-electron chi connectivity index (χ2n) is 8.08. The Kier molecular flexibility index (Phi) is 6.57. The van der Waals surface area contributed by atoms with E-state index in [1.165, 1.54) is 0 Å². The Bertz CT molecular complexity index is 807. The summed E-state index contributed by atoms with van der Waals surface area (Å²) >= 11 is 0. The van der Waals surface area contributed by atoms with E-state index < -0.39 is 10.8 Å². The molecule has 3 rings (SSSR count). The van der Waals surface area contributed by atoms with Crippen LogP contribution >= 0.6 is 0 Å². The fraction of sp³-hybridized carbons (Fsp3) is 0.476. The van der Waals surface area contributed by atoms with Crippen LogP contribution in [0.25, 0.3) is 0 Å². The van der Waals surface area contributed by atoms with Crippen LogP contribution < -0.4 is 5.32 Å². The van der Waals surface area contributed by atoms with Crippen molar-refractivity contribution < 1.29 is 13.4 Å². The molecule has 1 fully saturated rings. The van der Waals surface area contributed by atoms with E-state index in [0.29, 0.717) is 18.8 Å². The zero-order chi connectivity index (χ0) is 20.1. The van der Waals surface area contributed by atoms with Crippen molar-refractivity contribution in [1.29, 1.82) is 0 Å². The molecule has 1 aromatic heterocycles. The predicted molar refractivity (Wildman–Crippen MR) is 113 cm³/mol. The van der Waals surface area contributed by atoms with Crippen LogP contribution in [0.1, 0.15) is 32.1 Å². The number of hydrogen-bond acceptors (Lipinski definition) is 4. The van der Waals surface area contributed by atoms with Gasteiger partial charge in [-0.15, -0.1) is 0 Å². The fourth-order valence-corrected chi connectivity index (χ4v) is 3.96. The minimum absolute atomic E-state index is 0.0910. The van der Waals surface area contributed by atoms with E-state index >= 15 is 0 Å². The molecule has 1 aliphatic rings. The number of benzene rings is 1. The quantitative estimate of drug-likeness (QED) is 0.827. The minimum Gasteiger partial charge on any atom is -0.468 e. The molecule has 1 aromatic carbocycles. The molecule has 7 heteroatoms. The van der Waals surface area contributed by atoms with Crippen LogP contribution in [-0.4, -0.2) is 51.0 Å². The van der Waals surface area contributed by atoms with Gasteiger partial charge < -0.3 is 14.6 Å². The lowest BCUT2D eigenvalue weighted by molar-refractivity contribution is 0.137. The molecular weight excluding hydrogens is 374 g/mol. The zero-order valence-electron chi connectivity index (χ0n) is 16.8. The molecular formula is C21H29N3O3S. The van der Waals surface area contributed by atoms with Gasteiger partial charge in [0.05, 0.1) is 12.8 Å². The molecule has 0 radical (unpaired) electrons. The molecule has 152 valence electrons. The Hall–Kier alpha value is -2.12. The summed E-state index contributed by atoms with van der Waals surface area (Å²) in [6.45, 7) is 9.69. The first-order valence-corrected chi connectivity index (χ1v) is 10.9. The average Bonchev–Trinajstić information content (AvgIpc) is 3.15. The van der Waals surface area contributed by atoms with Gasteiger partial charge in [-0.05, 0) is 50.6 Å². The lowest BCUT2D eigenvalue weighted by Gasteiger charge is -2.34. The number of carbonyl (C=O) groups is 1. The van der Waals surface area contributed by atoms with Gasteiger partial charge in [0.25, 0.3) is 0 Å². The third kappa shape index (κ3) is 5.69. The standard InChI is InChI=1S/C21H29N3O3S/c1-21(2,3)28(26)16-17-6-4-7-18(14-17)22-20(25)24-11-9-23(10-12-24)15-19-8-5-13-27-19/h4-8,13-14H,9-12,15-16H2,1-3H3,(H,22,25). The summed E-state index contributed by atoms with van der Waals surface area (Å²) in [6.07, 6.45) is 1.68. The summed E-state index contributed by atoms with van der Waals surface area (Å²) in [7, 11) is -0.968. The Balaban J connectivity index is 1.51. The molecule has 1 aliphatic heterocycles. The van der Waals surface area contributed by atoms with Crippen LogP contribution in [0.2, 0.25) is 0 Å². The van der Waals surface area contributed by atoms with E-state index in [-0.39, 0.29) is 10.8 Å². The number of nitrogens with one attached hydrogen (secondary N) is 1. The van der Waals surface area contributed by atoms with E-state index in [4.69, 9.17) is 4.42 Å². The number of furan rings is 1. The third-order valence-electron chi connectivity index (χ3n) is 4.78. The smallest absolute Gasteiger partial charge is 0.321 e. The van der Waals surface area contributed by atoms with Gasteiger partial charge >= 0.3 is 6.03 Å². The highest BCUT2D eigenvalue weighted by Crippen LogP contribution is 2.19. The van der Waals surface area contributed by atoms with Crippen molar-refractivity contribution in [3.05, 3.63) is 54.0 Å². The Morgan fingerprint density at radius 2 is 1.89 bits per heavy atom. The van der Waals surface area contributed by atoms with Crippen molar-refractivity contribution in [2.75, 3.05) is 31.5 Å². The van der Waals surface area contributed by atoms with E-state index in [1.807, 2.05) is 62.1 Å². The third-order valence-corrected chi connectivity index (χ3v) is 6.74. The van der Waals surface area contributed by atoms with Gasteiger partial charge in [0.1, 0.15) is 5.76 Å². The predicted octanol–water partition coefficient (Wildman–Crippen LogP) is 3.68. The molecule has 0 spiro atoms. The maximum Gasteiger partial charge on any atom is 0.321 e. The van der Waals surface area contributed by atoms with Gasteiger partial charge in [-0.3, -0.25) is 9.11 Å². The number of piperazine rings is 1. The molecule has 0 bridgehead atoms. The van der Waals surface area contributed by atoms with Gasteiger partial charge in [0.2, 0.25) is 0 Å². The number of carbonyl (C=O) groups excluding carboxylic acids is 1. The average molecular weight is 404 g/mol.